The normalized spacial score (nSPS) is 12.0. The Morgan fingerprint density at radius 1 is 1.50 bits per heavy atom. The van der Waals surface area contributed by atoms with Crippen LogP contribution >= 0.6 is 11.8 Å². The van der Waals surface area contributed by atoms with E-state index in [0.717, 1.165) is 11.6 Å². The minimum Gasteiger partial charge on any atom is -0.339 e. The molecule has 0 aromatic carbocycles. The van der Waals surface area contributed by atoms with Crippen molar-refractivity contribution < 1.29 is 4.52 Å². The van der Waals surface area contributed by atoms with Crippen LogP contribution in [0.1, 0.15) is 25.6 Å². The van der Waals surface area contributed by atoms with Gasteiger partial charge in [0.25, 0.3) is 0 Å². The second-order valence-electron chi connectivity index (χ2n) is 3.46. The summed E-state index contributed by atoms with van der Waals surface area (Å²) in [5.74, 6) is 2.43. The van der Waals surface area contributed by atoms with Crippen molar-refractivity contribution in [3.05, 3.63) is 11.7 Å². The van der Waals surface area contributed by atoms with Gasteiger partial charge in [0, 0.05) is 5.75 Å². The molecule has 3 nitrogen and oxygen atoms in total. The lowest BCUT2D eigenvalue weighted by molar-refractivity contribution is 0.322. The lowest BCUT2D eigenvalue weighted by atomic mass is 9.97. The van der Waals surface area contributed by atoms with Gasteiger partial charge in [-0.1, -0.05) is 19.0 Å². The zero-order chi connectivity index (χ0) is 9.19. The van der Waals surface area contributed by atoms with Gasteiger partial charge in [0.15, 0.2) is 5.82 Å². The van der Waals surface area contributed by atoms with E-state index >= 15 is 0 Å². The van der Waals surface area contributed by atoms with Crippen LogP contribution in [0.4, 0.5) is 0 Å². The van der Waals surface area contributed by atoms with Crippen LogP contribution in [-0.4, -0.2) is 22.1 Å². The predicted molar refractivity (Wildman–Crippen MR) is 50.4 cm³/mol. The Labute approximate surface area is 76.9 Å². The molecule has 0 aliphatic rings. The molecule has 12 heavy (non-hydrogen) atoms. The Bertz CT molecular complexity index is 257. The smallest absolute Gasteiger partial charge is 0.233 e. The molecule has 0 amide bonds. The van der Waals surface area contributed by atoms with Crippen LogP contribution in [0.3, 0.4) is 0 Å². The van der Waals surface area contributed by atoms with Crippen molar-refractivity contribution in [3.63, 3.8) is 0 Å². The maximum absolute atomic E-state index is 5.11. The monoisotopic (exact) mass is 186 g/mol. The molecule has 1 aromatic rings. The number of rotatable bonds is 3. The first-order chi connectivity index (χ1) is 5.56. The molecule has 0 radical (unpaired) electrons. The Kier molecular flexibility index (Phi) is 2.77. The van der Waals surface area contributed by atoms with Crippen molar-refractivity contribution in [2.45, 2.75) is 26.2 Å². The fourth-order valence-electron chi connectivity index (χ4n) is 0.995. The topological polar surface area (TPSA) is 38.9 Å². The lowest BCUT2D eigenvalue weighted by Gasteiger charge is -2.17. The quantitative estimate of drug-likeness (QED) is 0.724. The Hall–Kier alpha value is -0.510. The van der Waals surface area contributed by atoms with Gasteiger partial charge < -0.3 is 4.52 Å². The molecule has 1 aromatic heterocycles. The van der Waals surface area contributed by atoms with E-state index in [1.165, 1.54) is 0 Å². The minimum atomic E-state index is -0.0132. The number of thioether (sulfide) groups is 1. The Morgan fingerprint density at radius 2 is 2.17 bits per heavy atom. The van der Waals surface area contributed by atoms with Crippen molar-refractivity contribution in [2.75, 3.05) is 12.0 Å². The summed E-state index contributed by atoms with van der Waals surface area (Å²) in [6.45, 7) is 6.05. The van der Waals surface area contributed by atoms with E-state index < -0.39 is 0 Å². The maximum Gasteiger partial charge on any atom is 0.233 e. The third-order valence-electron chi connectivity index (χ3n) is 1.61. The van der Waals surface area contributed by atoms with Gasteiger partial charge in [0.05, 0.1) is 5.41 Å². The third-order valence-corrected chi connectivity index (χ3v) is 2.62. The van der Waals surface area contributed by atoms with Crippen molar-refractivity contribution in [1.29, 1.82) is 0 Å². The highest BCUT2D eigenvalue weighted by atomic mass is 32.2. The number of hydrogen-bond donors (Lipinski definition) is 0. The van der Waals surface area contributed by atoms with Gasteiger partial charge in [-0.2, -0.15) is 16.7 Å². The number of aryl methyl sites for hydroxylation is 1. The number of aromatic nitrogens is 2. The first kappa shape index (κ1) is 9.58. The molecule has 0 aliphatic carbocycles. The molecular weight excluding hydrogens is 172 g/mol. The first-order valence-corrected chi connectivity index (χ1v) is 5.25. The van der Waals surface area contributed by atoms with Crippen LogP contribution in [0.25, 0.3) is 0 Å². The summed E-state index contributed by atoms with van der Waals surface area (Å²) < 4.78 is 5.11. The average Bonchev–Trinajstić information content (AvgIpc) is 2.36. The van der Waals surface area contributed by atoms with E-state index in [1.807, 2.05) is 6.92 Å². The molecule has 1 heterocycles. The fraction of sp³-hybridized carbons (Fsp3) is 0.750. The fourth-order valence-corrected chi connectivity index (χ4v) is 1.84. The van der Waals surface area contributed by atoms with Crippen molar-refractivity contribution in [1.82, 2.24) is 10.1 Å². The van der Waals surface area contributed by atoms with E-state index in [1.54, 1.807) is 11.8 Å². The summed E-state index contributed by atoms with van der Waals surface area (Å²) in [5, 5.41) is 3.77. The van der Waals surface area contributed by atoms with Crippen molar-refractivity contribution >= 4 is 11.8 Å². The molecule has 4 heteroatoms. The first-order valence-electron chi connectivity index (χ1n) is 3.86. The molecule has 1 rings (SSSR count). The Morgan fingerprint density at radius 3 is 2.58 bits per heavy atom. The van der Waals surface area contributed by atoms with E-state index in [2.05, 4.69) is 30.2 Å². The second kappa shape index (κ2) is 3.47. The highest BCUT2D eigenvalue weighted by Crippen LogP contribution is 2.24. The summed E-state index contributed by atoms with van der Waals surface area (Å²) >= 11 is 1.78. The van der Waals surface area contributed by atoms with Gasteiger partial charge >= 0.3 is 0 Å². The van der Waals surface area contributed by atoms with Gasteiger partial charge in [-0.05, 0) is 13.2 Å². The van der Waals surface area contributed by atoms with E-state index in [-0.39, 0.29) is 5.41 Å². The maximum atomic E-state index is 5.11. The van der Waals surface area contributed by atoms with Crippen LogP contribution in [0.5, 0.6) is 0 Å². The Balaban J connectivity index is 2.81. The number of nitrogens with zero attached hydrogens (tertiary/aromatic N) is 2. The van der Waals surface area contributed by atoms with Crippen LogP contribution in [0.15, 0.2) is 4.52 Å². The lowest BCUT2D eigenvalue weighted by Crippen LogP contribution is -2.20. The van der Waals surface area contributed by atoms with E-state index in [9.17, 15) is 0 Å². The zero-order valence-corrected chi connectivity index (χ0v) is 8.73. The van der Waals surface area contributed by atoms with Gasteiger partial charge in [0.2, 0.25) is 5.89 Å². The molecule has 0 unspecified atom stereocenters. The highest BCUT2D eigenvalue weighted by Gasteiger charge is 2.26. The minimum absolute atomic E-state index is 0.0132. The molecular formula is C8H14N2OS. The van der Waals surface area contributed by atoms with Crippen molar-refractivity contribution in [2.24, 2.45) is 0 Å². The molecule has 0 fully saturated rings. The van der Waals surface area contributed by atoms with Gasteiger partial charge in [0.1, 0.15) is 0 Å². The standard InChI is InChI=1S/C8H14N2OS/c1-6-9-7(11-10-6)8(2,3)5-12-4/h5H2,1-4H3. The summed E-state index contributed by atoms with van der Waals surface area (Å²) in [6, 6.07) is 0. The van der Waals surface area contributed by atoms with Gasteiger partial charge in [-0.25, -0.2) is 0 Å². The van der Waals surface area contributed by atoms with Crippen LogP contribution in [0, 0.1) is 6.92 Å². The zero-order valence-electron chi connectivity index (χ0n) is 7.92. The van der Waals surface area contributed by atoms with Crippen LogP contribution in [0.2, 0.25) is 0 Å². The van der Waals surface area contributed by atoms with E-state index in [4.69, 9.17) is 4.52 Å². The molecule has 0 N–H and O–H groups in total. The molecule has 0 bridgehead atoms. The van der Waals surface area contributed by atoms with Crippen LogP contribution in [-0.2, 0) is 5.41 Å². The number of hydrogen-bond acceptors (Lipinski definition) is 4. The second-order valence-corrected chi connectivity index (χ2v) is 4.33. The van der Waals surface area contributed by atoms with Crippen molar-refractivity contribution in [3.8, 4) is 0 Å². The molecule has 0 aliphatic heterocycles. The predicted octanol–water partition coefficient (Wildman–Crippen LogP) is 2.02. The highest BCUT2D eigenvalue weighted by molar-refractivity contribution is 7.98. The van der Waals surface area contributed by atoms with Gasteiger partial charge in [-0.15, -0.1) is 0 Å². The van der Waals surface area contributed by atoms with Gasteiger partial charge in [-0.3, -0.25) is 0 Å². The molecule has 68 valence electrons. The molecule has 0 saturated heterocycles. The third kappa shape index (κ3) is 2.00. The molecule has 0 atom stereocenters. The van der Waals surface area contributed by atoms with E-state index in [0.29, 0.717) is 5.82 Å². The SMILES string of the molecule is CSCC(C)(C)c1nc(C)no1. The largest absolute Gasteiger partial charge is 0.339 e. The summed E-state index contributed by atoms with van der Waals surface area (Å²) in [5.41, 5.74) is -0.0132. The molecule has 0 saturated carbocycles. The molecule has 0 spiro atoms. The van der Waals surface area contributed by atoms with Crippen LogP contribution < -0.4 is 0 Å². The summed E-state index contributed by atoms with van der Waals surface area (Å²) in [7, 11) is 0. The average molecular weight is 186 g/mol. The summed E-state index contributed by atoms with van der Waals surface area (Å²) in [4.78, 5) is 4.21. The summed E-state index contributed by atoms with van der Waals surface area (Å²) in [6.07, 6.45) is 2.07.